The molecule has 7 heteroatoms. The van der Waals surface area contributed by atoms with Crippen LogP contribution in [0.2, 0.25) is 5.02 Å². The van der Waals surface area contributed by atoms with Crippen molar-refractivity contribution in [3.8, 4) is 6.07 Å². The van der Waals surface area contributed by atoms with E-state index in [4.69, 9.17) is 11.6 Å². The summed E-state index contributed by atoms with van der Waals surface area (Å²) in [7, 11) is 0. The lowest BCUT2D eigenvalue weighted by Crippen LogP contribution is -2.30. The molecule has 0 unspecified atom stereocenters. The van der Waals surface area contributed by atoms with Crippen LogP contribution in [0.25, 0.3) is 0 Å². The molecule has 5 nitrogen and oxygen atoms in total. The zero-order valence-corrected chi connectivity index (χ0v) is 22.4. The maximum absolute atomic E-state index is 13.6. The summed E-state index contributed by atoms with van der Waals surface area (Å²) >= 11 is 7.55. The van der Waals surface area contributed by atoms with Gasteiger partial charge in [-0.2, -0.15) is 5.26 Å². The van der Waals surface area contributed by atoms with Crippen molar-refractivity contribution in [3.05, 3.63) is 105 Å². The maximum atomic E-state index is 13.6. The van der Waals surface area contributed by atoms with Crippen LogP contribution in [0, 0.1) is 18.3 Å². The largest absolute Gasteiger partial charge is 0.321 e. The first-order valence-corrected chi connectivity index (χ1v) is 13.5. The third-order valence-electron chi connectivity index (χ3n) is 6.21. The van der Waals surface area contributed by atoms with Gasteiger partial charge in [0, 0.05) is 16.4 Å². The highest BCUT2D eigenvalue weighted by Crippen LogP contribution is 2.42. The summed E-state index contributed by atoms with van der Waals surface area (Å²) in [5.41, 5.74) is 4.20. The summed E-state index contributed by atoms with van der Waals surface area (Å²) < 4.78 is 0. The van der Waals surface area contributed by atoms with Gasteiger partial charge in [0.05, 0.1) is 5.25 Å². The fourth-order valence-corrected chi connectivity index (χ4v) is 5.62. The number of nitrogens with zero attached hydrogens (tertiary/aromatic N) is 2. The Morgan fingerprint density at radius 3 is 2.43 bits per heavy atom. The SMILES string of the molecule is CCCCc1ccc(NC(=O)/C(C#N)=C2/S[C@@H](Cc3ccc(C)c(Cl)c3)C(=O)N2c2ccccc2)cc1. The second kappa shape index (κ2) is 12.1. The number of para-hydroxylation sites is 1. The normalized spacial score (nSPS) is 16.4. The summed E-state index contributed by atoms with van der Waals surface area (Å²) in [6.45, 7) is 4.08. The van der Waals surface area contributed by atoms with Crippen molar-refractivity contribution in [2.75, 3.05) is 10.2 Å². The van der Waals surface area contributed by atoms with E-state index >= 15 is 0 Å². The van der Waals surface area contributed by atoms with E-state index in [2.05, 4.69) is 18.3 Å². The van der Waals surface area contributed by atoms with Gasteiger partial charge in [-0.3, -0.25) is 14.5 Å². The lowest BCUT2D eigenvalue weighted by Gasteiger charge is -2.18. The molecule has 0 aromatic heterocycles. The summed E-state index contributed by atoms with van der Waals surface area (Å²) in [6, 6.07) is 24.5. The second-order valence-corrected chi connectivity index (χ2v) is 10.5. The number of halogens is 1. The summed E-state index contributed by atoms with van der Waals surface area (Å²) in [4.78, 5) is 28.3. The van der Waals surface area contributed by atoms with Crippen molar-refractivity contribution in [3.63, 3.8) is 0 Å². The minimum Gasteiger partial charge on any atom is -0.321 e. The Kier molecular flexibility index (Phi) is 8.70. The van der Waals surface area contributed by atoms with Crippen molar-refractivity contribution in [2.24, 2.45) is 0 Å². The molecule has 1 N–H and O–H groups in total. The van der Waals surface area contributed by atoms with Gasteiger partial charge in [-0.1, -0.05) is 79.2 Å². The Morgan fingerprint density at radius 1 is 1.08 bits per heavy atom. The average molecular weight is 530 g/mol. The van der Waals surface area contributed by atoms with E-state index in [1.807, 2.05) is 67.6 Å². The number of aryl methyl sites for hydroxylation is 2. The fourth-order valence-electron chi connectivity index (χ4n) is 4.11. The number of nitrogens with one attached hydrogen (secondary N) is 1. The van der Waals surface area contributed by atoms with E-state index in [1.54, 1.807) is 12.1 Å². The monoisotopic (exact) mass is 529 g/mol. The van der Waals surface area contributed by atoms with E-state index in [0.717, 1.165) is 30.4 Å². The van der Waals surface area contributed by atoms with Gasteiger partial charge in [0.15, 0.2) is 0 Å². The topological polar surface area (TPSA) is 73.2 Å². The number of unbranched alkanes of at least 4 members (excludes halogenated alkanes) is 1. The second-order valence-electron chi connectivity index (χ2n) is 8.95. The molecule has 1 atom stereocenters. The highest BCUT2D eigenvalue weighted by molar-refractivity contribution is 8.05. The molecule has 1 aliphatic rings. The van der Waals surface area contributed by atoms with Crippen LogP contribution in [0.1, 0.15) is 36.5 Å². The summed E-state index contributed by atoms with van der Waals surface area (Å²) in [5.74, 6) is -0.720. The third kappa shape index (κ3) is 6.25. The quantitative estimate of drug-likeness (QED) is 0.250. The molecule has 0 radical (unpaired) electrons. The molecule has 1 aliphatic heterocycles. The summed E-state index contributed by atoms with van der Waals surface area (Å²) in [6.07, 6.45) is 3.63. The first-order valence-electron chi connectivity index (χ1n) is 12.3. The van der Waals surface area contributed by atoms with Gasteiger partial charge in [-0.15, -0.1) is 0 Å². The number of thioether (sulfide) groups is 1. The Hall–Kier alpha value is -3.53. The lowest BCUT2D eigenvalue weighted by molar-refractivity contribution is -0.117. The molecule has 37 heavy (non-hydrogen) atoms. The molecular weight excluding hydrogens is 502 g/mol. The van der Waals surface area contributed by atoms with Crippen molar-refractivity contribution < 1.29 is 9.59 Å². The van der Waals surface area contributed by atoms with Crippen LogP contribution >= 0.6 is 23.4 Å². The number of carbonyl (C=O) groups is 2. The van der Waals surface area contributed by atoms with Crippen LogP contribution in [0.4, 0.5) is 11.4 Å². The van der Waals surface area contributed by atoms with Crippen molar-refractivity contribution in [1.82, 2.24) is 0 Å². The first-order chi connectivity index (χ1) is 17.9. The van der Waals surface area contributed by atoms with Gasteiger partial charge < -0.3 is 5.32 Å². The van der Waals surface area contributed by atoms with Crippen LogP contribution < -0.4 is 10.2 Å². The first kappa shape index (κ1) is 26.5. The van der Waals surface area contributed by atoms with E-state index in [0.29, 0.717) is 27.8 Å². The molecule has 4 rings (SSSR count). The number of hydrogen-bond acceptors (Lipinski definition) is 4. The molecule has 3 aromatic carbocycles. The third-order valence-corrected chi connectivity index (χ3v) is 7.88. The van der Waals surface area contributed by atoms with Crippen molar-refractivity contribution in [1.29, 1.82) is 5.26 Å². The highest BCUT2D eigenvalue weighted by Gasteiger charge is 2.40. The number of nitriles is 1. The predicted octanol–water partition coefficient (Wildman–Crippen LogP) is 7.06. The van der Waals surface area contributed by atoms with Crippen LogP contribution in [-0.4, -0.2) is 17.1 Å². The molecule has 3 aromatic rings. The molecule has 2 amide bonds. The molecular formula is C30H28ClN3O2S. The Bertz CT molecular complexity index is 1360. The van der Waals surface area contributed by atoms with Crippen LogP contribution in [-0.2, 0) is 22.4 Å². The molecule has 0 spiro atoms. The number of anilines is 2. The number of rotatable bonds is 8. The lowest BCUT2D eigenvalue weighted by atomic mass is 10.1. The zero-order chi connectivity index (χ0) is 26.4. The van der Waals surface area contributed by atoms with Gasteiger partial charge in [0.25, 0.3) is 5.91 Å². The average Bonchev–Trinajstić information content (AvgIpc) is 3.21. The van der Waals surface area contributed by atoms with Crippen molar-refractivity contribution >= 4 is 46.6 Å². The Balaban J connectivity index is 1.64. The predicted molar refractivity (Wildman–Crippen MR) is 152 cm³/mol. The van der Waals surface area contributed by atoms with Crippen LogP contribution in [0.3, 0.4) is 0 Å². The van der Waals surface area contributed by atoms with E-state index < -0.39 is 11.2 Å². The number of hydrogen-bond donors (Lipinski definition) is 1. The van der Waals surface area contributed by atoms with Crippen LogP contribution in [0.5, 0.6) is 0 Å². The standard InChI is InChI=1S/C30H28ClN3O2S/c1-3-4-8-21-13-15-23(16-14-21)33-28(35)25(19-32)30-34(24-9-6-5-7-10-24)29(36)27(37-30)18-22-12-11-20(2)26(31)17-22/h5-7,9-17,27H,3-4,8,18H2,1-2H3,(H,33,35)/b30-25+/t27-/m0/s1. The van der Waals surface area contributed by atoms with E-state index in [1.165, 1.54) is 22.2 Å². The van der Waals surface area contributed by atoms with Gasteiger partial charge in [-0.25, -0.2) is 0 Å². The minimum atomic E-state index is -0.543. The maximum Gasteiger partial charge on any atom is 0.269 e. The fraction of sp³-hybridized carbons (Fsp3) is 0.233. The van der Waals surface area contributed by atoms with Crippen molar-refractivity contribution in [2.45, 2.75) is 44.8 Å². The van der Waals surface area contributed by atoms with Gasteiger partial charge in [-0.05, 0) is 73.2 Å². The minimum absolute atomic E-state index is 0.0956. The highest BCUT2D eigenvalue weighted by atomic mass is 35.5. The number of amides is 2. The molecule has 0 saturated carbocycles. The summed E-state index contributed by atoms with van der Waals surface area (Å²) in [5, 5.41) is 13.3. The molecule has 1 heterocycles. The molecule has 1 fully saturated rings. The number of carbonyl (C=O) groups excluding carboxylic acids is 2. The van der Waals surface area contributed by atoms with Gasteiger partial charge >= 0.3 is 0 Å². The molecule has 188 valence electrons. The zero-order valence-electron chi connectivity index (χ0n) is 20.8. The van der Waals surface area contributed by atoms with Gasteiger partial charge in [0.2, 0.25) is 5.91 Å². The van der Waals surface area contributed by atoms with Crippen LogP contribution in [0.15, 0.2) is 83.4 Å². The molecule has 0 aliphatic carbocycles. The van der Waals surface area contributed by atoms with Gasteiger partial charge in [0.1, 0.15) is 16.7 Å². The smallest absolute Gasteiger partial charge is 0.269 e. The van der Waals surface area contributed by atoms with E-state index in [-0.39, 0.29) is 11.5 Å². The Morgan fingerprint density at radius 2 is 1.78 bits per heavy atom. The number of benzene rings is 3. The molecule has 1 saturated heterocycles. The van der Waals surface area contributed by atoms with E-state index in [9.17, 15) is 14.9 Å². The Labute approximate surface area is 227 Å². The molecule has 0 bridgehead atoms.